The maximum absolute atomic E-state index is 5.46. The monoisotopic (exact) mass is 222 g/mol. The molecule has 0 amide bonds. The molecule has 0 aromatic carbocycles. The van der Waals surface area contributed by atoms with Crippen LogP contribution in [0, 0.1) is 18.3 Å². The van der Waals surface area contributed by atoms with Gasteiger partial charge < -0.3 is 5.32 Å². The molecule has 2 heteroatoms. The molecule has 0 saturated carbocycles. The van der Waals surface area contributed by atoms with Crippen molar-refractivity contribution >= 4 is 0 Å². The highest BCUT2D eigenvalue weighted by atomic mass is 15.2. The molecule has 1 rings (SSSR count). The second-order valence-corrected chi connectivity index (χ2v) is 5.27. The molecule has 1 N–H and O–H groups in total. The summed E-state index contributed by atoms with van der Waals surface area (Å²) >= 11 is 0. The summed E-state index contributed by atoms with van der Waals surface area (Å²) in [6, 6.07) is 1.78. The van der Waals surface area contributed by atoms with Gasteiger partial charge in [-0.2, -0.15) is 0 Å². The average Bonchev–Trinajstić information content (AvgIpc) is 2.26. The van der Waals surface area contributed by atoms with Crippen molar-refractivity contribution in [3.8, 4) is 12.3 Å². The van der Waals surface area contributed by atoms with Crippen molar-refractivity contribution in [3.05, 3.63) is 0 Å². The quantitative estimate of drug-likeness (QED) is 0.733. The summed E-state index contributed by atoms with van der Waals surface area (Å²) < 4.78 is 0. The molecule has 1 aliphatic rings. The van der Waals surface area contributed by atoms with Crippen molar-refractivity contribution in [3.63, 3.8) is 0 Å². The first kappa shape index (κ1) is 13.5. The van der Waals surface area contributed by atoms with E-state index in [0.717, 1.165) is 25.9 Å². The fraction of sp³-hybridized carbons (Fsp3) is 0.857. The van der Waals surface area contributed by atoms with Gasteiger partial charge in [0.1, 0.15) is 0 Å². The van der Waals surface area contributed by atoms with Crippen LogP contribution < -0.4 is 5.32 Å². The van der Waals surface area contributed by atoms with Crippen LogP contribution in [0.1, 0.15) is 40.5 Å². The molecule has 0 aromatic heterocycles. The normalized spacial score (nSPS) is 29.0. The lowest BCUT2D eigenvalue weighted by atomic mass is 9.97. The van der Waals surface area contributed by atoms with E-state index in [-0.39, 0.29) is 0 Å². The van der Waals surface area contributed by atoms with E-state index in [0.29, 0.717) is 24.0 Å². The van der Waals surface area contributed by atoms with Gasteiger partial charge in [0.05, 0.1) is 0 Å². The van der Waals surface area contributed by atoms with Crippen LogP contribution in [-0.2, 0) is 0 Å². The fourth-order valence-corrected chi connectivity index (χ4v) is 2.50. The Labute approximate surface area is 101 Å². The van der Waals surface area contributed by atoms with Gasteiger partial charge in [-0.25, -0.2) is 0 Å². The van der Waals surface area contributed by atoms with Crippen molar-refractivity contribution in [1.82, 2.24) is 10.2 Å². The van der Waals surface area contributed by atoms with Gasteiger partial charge in [-0.1, -0.05) is 20.8 Å². The smallest absolute Gasteiger partial charge is 0.0242 e. The summed E-state index contributed by atoms with van der Waals surface area (Å²) in [6.07, 6.45) is 7.49. The Morgan fingerprint density at radius 2 is 2.19 bits per heavy atom. The molecule has 1 heterocycles. The molecule has 16 heavy (non-hydrogen) atoms. The standard InChI is InChI=1S/C14H26N2/c1-6-8-13(7-2)16-10-14(11(3)4)15-9-12(16)5/h1,11-15H,7-10H2,2-5H3. The Morgan fingerprint density at radius 1 is 1.50 bits per heavy atom. The van der Waals surface area contributed by atoms with E-state index in [1.54, 1.807) is 0 Å². The van der Waals surface area contributed by atoms with Crippen molar-refractivity contribution in [2.45, 2.75) is 58.7 Å². The van der Waals surface area contributed by atoms with E-state index in [9.17, 15) is 0 Å². The Bertz CT molecular complexity index is 242. The van der Waals surface area contributed by atoms with E-state index in [1.165, 1.54) is 0 Å². The van der Waals surface area contributed by atoms with E-state index in [4.69, 9.17) is 6.42 Å². The number of terminal acetylenes is 1. The SMILES string of the molecule is C#CCC(CC)N1CC(C(C)C)NCC1C. The highest BCUT2D eigenvalue weighted by Gasteiger charge is 2.30. The largest absolute Gasteiger partial charge is 0.311 e. The lowest BCUT2D eigenvalue weighted by molar-refractivity contribution is 0.0777. The molecule has 3 unspecified atom stereocenters. The van der Waals surface area contributed by atoms with E-state index in [1.807, 2.05) is 0 Å². The lowest BCUT2D eigenvalue weighted by Gasteiger charge is -2.44. The fourth-order valence-electron chi connectivity index (χ4n) is 2.50. The minimum absolute atomic E-state index is 0.559. The number of piperazine rings is 1. The second-order valence-electron chi connectivity index (χ2n) is 5.27. The lowest BCUT2D eigenvalue weighted by Crippen LogP contribution is -2.59. The highest BCUT2D eigenvalue weighted by molar-refractivity contribution is 4.95. The van der Waals surface area contributed by atoms with Crippen molar-refractivity contribution < 1.29 is 0 Å². The minimum Gasteiger partial charge on any atom is -0.311 e. The van der Waals surface area contributed by atoms with Crippen LogP contribution in [0.4, 0.5) is 0 Å². The van der Waals surface area contributed by atoms with Crippen LogP contribution >= 0.6 is 0 Å². The summed E-state index contributed by atoms with van der Waals surface area (Å²) in [5.41, 5.74) is 0. The molecule has 0 spiro atoms. The highest BCUT2D eigenvalue weighted by Crippen LogP contribution is 2.18. The zero-order valence-corrected chi connectivity index (χ0v) is 11.2. The van der Waals surface area contributed by atoms with Crippen LogP contribution in [0.3, 0.4) is 0 Å². The summed E-state index contributed by atoms with van der Waals surface area (Å²) in [4.78, 5) is 2.60. The molecule has 0 bridgehead atoms. The molecule has 92 valence electrons. The van der Waals surface area contributed by atoms with Gasteiger partial charge in [0, 0.05) is 37.6 Å². The van der Waals surface area contributed by atoms with Gasteiger partial charge in [-0.3, -0.25) is 4.90 Å². The summed E-state index contributed by atoms with van der Waals surface area (Å²) in [5.74, 6) is 3.51. The van der Waals surface area contributed by atoms with Crippen molar-refractivity contribution in [1.29, 1.82) is 0 Å². The number of rotatable bonds is 4. The van der Waals surface area contributed by atoms with E-state index in [2.05, 4.69) is 43.8 Å². The Balaban J connectivity index is 2.64. The van der Waals surface area contributed by atoms with Crippen LogP contribution in [0.25, 0.3) is 0 Å². The maximum Gasteiger partial charge on any atom is 0.0242 e. The molecule has 1 aliphatic heterocycles. The molecule has 3 atom stereocenters. The van der Waals surface area contributed by atoms with Gasteiger partial charge in [0.2, 0.25) is 0 Å². The van der Waals surface area contributed by atoms with Crippen LogP contribution in [0.5, 0.6) is 0 Å². The second kappa shape index (κ2) is 6.27. The third-order valence-corrected chi connectivity index (χ3v) is 3.75. The summed E-state index contributed by atoms with van der Waals surface area (Å²) in [6.45, 7) is 11.3. The topological polar surface area (TPSA) is 15.3 Å². The molecular formula is C14H26N2. The number of nitrogens with one attached hydrogen (secondary N) is 1. The summed E-state index contributed by atoms with van der Waals surface area (Å²) in [7, 11) is 0. The average molecular weight is 222 g/mol. The predicted molar refractivity (Wildman–Crippen MR) is 70.3 cm³/mol. The van der Waals surface area contributed by atoms with Gasteiger partial charge in [-0.05, 0) is 19.3 Å². The van der Waals surface area contributed by atoms with E-state index >= 15 is 0 Å². The zero-order chi connectivity index (χ0) is 12.1. The third-order valence-electron chi connectivity index (χ3n) is 3.75. The number of hydrogen-bond donors (Lipinski definition) is 1. The Morgan fingerprint density at radius 3 is 2.69 bits per heavy atom. The maximum atomic E-state index is 5.46. The number of nitrogens with zero attached hydrogens (tertiary/aromatic N) is 1. The van der Waals surface area contributed by atoms with Crippen LogP contribution in [0.2, 0.25) is 0 Å². The molecule has 0 aromatic rings. The van der Waals surface area contributed by atoms with Gasteiger partial charge >= 0.3 is 0 Å². The minimum atomic E-state index is 0.559. The van der Waals surface area contributed by atoms with E-state index < -0.39 is 0 Å². The Hall–Kier alpha value is -0.520. The first-order chi connectivity index (χ1) is 7.60. The summed E-state index contributed by atoms with van der Waals surface area (Å²) in [5, 5.41) is 3.63. The molecule has 0 aliphatic carbocycles. The van der Waals surface area contributed by atoms with Crippen molar-refractivity contribution in [2.24, 2.45) is 5.92 Å². The van der Waals surface area contributed by atoms with Crippen molar-refractivity contribution in [2.75, 3.05) is 13.1 Å². The third kappa shape index (κ3) is 3.23. The molecule has 2 nitrogen and oxygen atoms in total. The first-order valence-electron chi connectivity index (χ1n) is 6.52. The van der Waals surface area contributed by atoms with Crippen LogP contribution in [-0.4, -0.2) is 36.1 Å². The van der Waals surface area contributed by atoms with Gasteiger partial charge in [-0.15, -0.1) is 12.3 Å². The molecule has 0 radical (unpaired) electrons. The van der Waals surface area contributed by atoms with Crippen LogP contribution in [0.15, 0.2) is 0 Å². The predicted octanol–water partition coefficient (Wildman–Crippen LogP) is 2.11. The first-order valence-corrected chi connectivity index (χ1v) is 6.52. The molecule has 1 saturated heterocycles. The van der Waals surface area contributed by atoms with Gasteiger partial charge in [0.15, 0.2) is 0 Å². The molecular weight excluding hydrogens is 196 g/mol. The number of hydrogen-bond acceptors (Lipinski definition) is 2. The zero-order valence-electron chi connectivity index (χ0n) is 11.2. The Kier molecular flexibility index (Phi) is 5.31. The van der Waals surface area contributed by atoms with Gasteiger partial charge in [0.25, 0.3) is 0 Å². The molecule has 1 fully saturated rings.